The summed E-state index contributed by atoms with van der Waals surface area (Å²) < 4.78 is 5.50. The highest BCUT2D eigenvalue weighted by molar-refractivity contribution is 6.41. The van der Waals surface area contributed by atoms with Gasteiger partial charge >= 0.3 is 0 Å². The number of halogens is 1. The number of anilines is 3. The number of imidazole rings is 1. The van der Waals surface area contributed by atoms with E-state index in [9.17, 15) is 9.59 Å². The van der Waals surface area contributed by atoms with Gasteiger partial charge in [-0.05, 0) is 19.9 Å². The van der Waals surface area contributed by atoms with Gasteiger partial charge in [-0.1, -0.05) is 25.4 Å². The molecule has 182 valence electrons. The number of ether oxygens (including phenoxy) is 1. The van der Waals surface area contributed by atoms with Crippen LogP contribution in [-0.2, 0) is 16.1 Å². The van der Waals surface area contributed by atoms with Gasteiger partial charge in [0.15, 0.2) is 11.6 Å². The number of nitrogen functional groups attached to an aromatic ring is 1. The third kappa shape index (κ3) is 4.54. The first-order valence-corrected chi connectivity index (χ1v) is 11.2. The van der Waals surface area contributed by atoms with Gasteiger partial charge in [0.1, 0.15) is 16.7 Å². The smallest absolute Gasteiger partial charge is 0.260 e. The number of nitrogens with two attached hydrogens (primary N) is 1. The molecule has 0 radical (unpaired) electrons. The number of amides is 2. The van der Waals surface area contributed by atoms with E-state index in [2.05, 4.69) is 30.2 Å². The Bertz CT molecular complexity index is 1370. The zero-order valence-electron chi connectivity index (χ0n) is 19.9. The van der Waals surface area contributed by atoms with E-state index in [-0.39, 0.29) is 46.8 Å². The summed E-state index contributed by atoms with van der Waals surface area (Å²) in [4.78, 5) is 47.1. The minimum Gasteiger partial charge on any atom is -0.496 e. The number of H-pyrrole nitrogens is 1. The molecule has 4 rings (SSSR count). The van der Waals surface area contributed by atoms with Crippen molar-refractivity contribution in [2.45, 2.75) is 34.2 Å². The Morgan fingerprint density at radius 2 is 2.06 bits per heavy atom. The Morgan fingerprint density at radius 1 is 1.31 bits per heavy atom. The third-order valence-electron chi connectivity index (χ3n) is 5.58. The molecule has 3 aromatic heterocycles. The number of fused-ring (bicyclic) bond motifs is 1. The fourth-order valence-electron chi connectivity index (χ4n) is 3.76. The molecule has 0 fully saturated rings. The largest absolute Gasteiger partial charge is 0.496 e. The lowest BCUT2D eigenvalue weighted by Gasteiger charge is -2.18. The van der Waals surface area contributed by atoms with Gasteiger partial charge in [0.05, 0.1) is 30.5 Å². The average molecular weight is 497 g/mol. The Balaban J connectivity index is 1.74. The molecule has 0 unspecified atom stereocenters. The topological polar surface area (TPSA) is 152 Å². The maximum atomic E-state index is 13.6. The number of nitrogens with zero attached hydrogens (tertiary/aromatic N) is 5. The first-order valence-electron chi connectivity index (χ1n) is 10.8. The minimum absolute atomic E-state index is 0.0423. The maximum Gasteiger partial charge on any atom is 0.260 e. The fourth-order valence-corrected chi connectivity index (χ4v) is 4.03. The average Bonchev–Trinajstić information content (AvgIpc) is 3.33. The lowest BCUT2D eigenvalue weighted by atomic mass is 10.1. The van der Waals surface area contributed by atoms with E-state index in [1.807, 2.05) is 13.8 Å². The standard InChI is InChI=1S/C23H25ClN8O3/c1-10(2)21(33)29-16-8-27-15(28-16)6-13-17-19(24)30-23(25)31-20(17)32(22(13)34)9-14-12(4)18(35-5)11(3)7-26-14/h6-8,10H,9H2,1-5H3,(H,27,28)(H,29,33)(H2,25,30,31). The van der Waals surface area contributed by atoms with Crippen molar-refractivity contribution in [3.63, 3.8) is 0 Å². The van der Waals surface area contributed by atoms with Crippen LogP contribution in [0.25, 0.3) is 11.6 Å². The number of rotatable bonds is 6. The number of carbonyl (C=O) groups is 2. The summed E-state index contributed by atoms with van der Waals surface area (Å²) in [5.74, 6) is 0.853. The van der Waals surface area contributed by atoms with E-state index in [0.717, 1.165) is 11.1 Å². The molecule has 1 aliphatic heterocycles. The van der Waals surface area contributed by atoms with Crippen LogP contribution in [0, 0.1) is 19.8 Å². The first kappa shape index (κ1) is 24.1. The van der Waals surface area contributed by atoms with Crippen LogP contribution in [0.2, 0.25) is 5.15 Å². The second-order valence-electron chi connectivity index (χ2n) is 8.38. The van der Waals surface area contributed by atoms with Crippen molar-refractivity contribution in [2.75, 3.05) is 23.1 Å². The summed E-state index contributed by atoms with van der Waals surface area (Å²) in [6.45, 7) is 7.45. The molecule has 0 saturated heterocycles. The Kier molecular flexibility index (Phi) is 6.44. The number of pyridine rings is 1. The monoisotopic (exact) mass is 496 g/mol. The lowest BCUT2D eigenvalue weighted by Crippen LogP contribution is -2.27. The van der Waals surface area contributed by atoms with Gasteiger partial charge < -0.3 is 20.8 Å². The van der Waals surface area contributed by atoms with Crippen molar-refractivity contribution < 1.29 is 14.3 Å². The molecule has 0 spiro atoms. The predicted molar refractivity (Wildman–Crippen MR) is 133 cm³/mol. The molecule has 12 heteroatoms. The molecule has 4 heterocycles. The number of aryl methyl sites for hydroxylation is 1. The van der Waals surface area contributed by atoms with Crippen molar-refractivity contribution in [3.8, 4) is 5.75 Å². The number of hydrogen-bond donors (Lipinski definition) is 3. The highest BCUT2D eigenvalue weighted by Crippen LogP contribution is 2.41. The van der Waals surface area contributed by atoms with Crippen LogP contribution < -0.4 is 20.7 Å². The normalized spacial score (nSPS) is 14.1. The van der Waals surface area contributed by atoms with Crippen LogP contribution in [0.5, 0.6) is 5.75 Å². The third-order valence-corrected chi connectivity index (χ3v) is 5.85. The lowest BCUT2D eigenvalue weighted by molar-refractivity contribution is -0.119. The summed E-state index contributed by atoms with van der Waals surface area (Å²) in [5, 5.41) is 2.75. The second-order valence-corrected chi connectivity index (χ2v) is 8.74. The summed E-state index contributed by atoms with van der Waals surface area (Å²) in [6, 6.07) is 0. The van der Waals surface area contributed by atoms with Crippen LogP contribution >= 0.6 is 11.6 Å². The number of hydrogen-bond acceptors (Lipinski definition) is 8. The van der Waals surface area contributed by atoms with Crippen LogP contribution in [0.3, 0.4) is 0 Å². The molecule has 0 saturated carbocycles. The number of aromatic amines is 1. The first-order chi connectivity index (χ1) is 16.6. The molecular formula is C23H25ClN8O3. The van der Waals surface area contributed by atoms with Crippen molar-refractivity contribution in [2.24, 2.45) is 5.92 Å². The summed E-state index contributed by atoms with van der Waals surface area (Å²) in [7, 11) is 1.59. The number of carbonyl (C=O) groups excluding carboxylic acids is 2. The zero-order valence-corrected chi connectivity index (χ0v) is 20.7. The molecule has 35 heavy (non-hydrogen) atoms. The van der Waals surface area contributed by atoms with Crippen LogP contribution in [-0.4, -0.2) is 43.8 Å². The Hall–Kier alpha value is -3.99. The Labute approximate surface area is 206 Å². The molecule has 0 atom stereocenters. The Morgan fingerprint density at radius 3 is 2.74 bits per heavy atom. The summed E-state index contributed by atoms with van der Waals surface area (Å²) in [5.41, 5.74) is 8.75. The molecule has 3 aromatic rings. The highest BCUT2D eigenvalue weighted by Gasteiger charge is 2.37. The van der Waals surface area contributed by atoms with E-state index >= 15 is 0 Å². The second kappa shape index (κ2) is 9.34. The molecule has 1 aliphatic rings. The number of methoxy groups -OCH3 is 1. The van der Waals surface area contributed by atoms with Crippen molar-refractivity contribution in [1.82, 2.24) is 24.9 Å². The zero-order chi connectivity index (χ0) is 25.4. The molecule has 11 nitrogen and oxygen atoms in total. The molecule has 0 aromatic carbocycles. The van der Waals surface area contributed by atoms with E-state index in [4.69, 9.17) is 22.1 Å². The van der Waals surface area contributed by atoms with Crippen LogP contribution in [0.15, 0.2) is 12.4 Å². The molecule has 0 aliphatic carbocycles. The van der Waals surface area contributed by atoms with Crippen LogP contribution in [0.4, 0.5) is 17.6 Å². The van der Waals surface area contributed by atoms with Crippen molar-refractivity contribution in [3.05, 3.63) is 45.8 Å². The van der Waals surface area contributed by atoms with E-state index < -0.39 is 0 Å². The molecule has 4 N–H and O–H groups in total. The quantitative estimate of drug-likeness (QED) is 0.347. The predicted octanol–water partition coefficient (Wildman–Crippen LogP) is 3.14. The SMILES string of the molecule is COc1c(C)cnc(CN2C(=O)C(=Cc3nc(NC(=O)C(C)C)c[nH]3)c3c(Cl)nc(N)nc32)c1C. The van der Waals surface area contributed by atoms with Gasteiger partial charge in [0, 0.05) is 29.4 Å². The summed E-state index contributed by atoms with van der Waals surface area (Å²) >= 11 is 6.40. The van der Waals surface area contributed by atoms with Gasteiger partial charge in [-0.3, -0.25) is 19.5 Å². The fraction of sp³-hybridized carbons (Fsp3) is 0.304. The highest BCUT2D eigenvalue weighted by atomic mass is 35.5. The van der Waals surface area contributed by atoms with E-state index in [0.29, 0.717) is 28.6 Å². The maximum absolute atomic E-state index is 13.6. The minimum atomic E-state index is -0.369. The van der Waals surface area contributed by atoms with Gasteiger partial charge in [-0.25, -0.2) is 9.97 Å². The number of aromatic nitrogens is 5. The van der Waals surface area contributed by atoms with Crippen molar-refractivity contribution >= 4 is 52.6 Å². The molecular weight excluding hydrogens is 472 g/mol. The van der Waals surface area contributed by atoms with Gasteiger partial charge in [0.2, 0.25) is 11.9 Å². The van der Waals surface area contributed by atoms with Crippen LogP contribution in [0.1, 0.15) is 42.1 Å². The molecule has 2 amide bonds. The summed E-state index contributed by atoms with van der Waals surface area (Å²) in [6.07, 6.45) is 4.77. The van der Waals surface area contributed by atoms with Gasteiger partial charge in [-0.15, -0.1) is 0 Å². The van der Waals surface area contributed by atoms with Gasteiger partial charge in [-0.2, -0.15) is 4.98 Å². The number of nitrogens with one attached hydrogen (secondary N) is 2. The van der Waals surface area contributed by atoms with E-state index in [1.54, 1.807) is 27.2 Å². The molecule has 0 bridgehead atoms. The van der Waals surface area contributed by atoms with Gasteiger partial charge in [0.25, 0.3) is 5.91 Å². The van der Waals surface area contributed by atoms with E-state index in [1.165, 1.54) is 17.2 Å². The van der Waals surface area contributed by atoms with Crippen molar-refractivity contribution in [1.29, 1.82) is 0 Å².